The standard InChI is InChI=1S/C24H28N2O5/c1-21(13-27-21)25(22(2)14-28-22)17-5-9-19(10-6-17)31-20-11-7-18(8-12-20)26(23(3)15-29-23)24(4)16-30-24/h5-12H,13-16H2,1-4H3. The van der Waals surface area contributed by atoms with E-state index in [-0.39, 0.29) is 22.9 Å². The van der Waals surface area contributed by atoms with Gasteiger partial charge in [0, 0.05) is 11.4 Å². The second-order valence-electron chi connectivity index (χ2n) is 9.62. The molecule has 4 unspecified atom stereocenters. The van der Waals surface area contributed by atoms with Crippen LogP contribution in [0.15, 0.2) is 48.5 Å². The molecule has 164 valence electrons. The van der Waals surface area contributed by atoms with Crippen LogP contribution in [0.4, 0.5) is 11.4 Å². The Morgan fingerprint density at radius 1 is 0.548 bits per heavy atom. The molecule has 4 aliphatic rings. The van der Waals surface area contributed by atoms with Crippen molar-refractivity contribution in [3.63, 3.8) is 0 Å². The summed E-state index contributed by atoms with van der Waals surface area (Å²) in [6.45, 7) is 11.2. The van der Waals surface area contributed by atoms with E-state index in [1.165, 1.54) is 0 Å². The van der Waals surface area contributed by atoms with Crippen LogP contribution in [0, 0.1) is 0 Å². The maximum Gasteiger partial charge on any atom is 0.164 e. The Morgan fingerprint density at radius 3 is 1.03 bits per heavy atom. The first kappa shape index (κ1) is 19.4. The third-order valence-electron chi connectivity index (χ3n) is 6.57. The fourth-order valence-electron chi connectivity index (χ4n) is 4.49. The molecule has 0 aromatic heterocycles. The van der Waals surface area contributed by atoms with Crippen molar-refractivity contribution in [3.05, 3.63) is 48.5 Å². The van der Waals surface area contributed by atoms with Crippen molar-refractivity contribution in [1.29, 1.82) is 0 Å². The van der Waals surface area contributed by atoms with Crippen LogP contribution in [0.2, 0.25) is 0 Å². The molecule has 0 spiro atoms. The van der Waals surface area contributed by atoms with Gasteiger partial charge in [-0.15, -0.1) is 0 Å². The summed E-state index contributed by atoms with van der Waals surface area (Å²) in [5.74, 6) is 1.57. The second-order valence-corrected chi connectivity index (χ2v) is 9.62. The van der Waals surface area contributed by atoms with Gasteiger partial charge < -0.3 is 33.5 Å². The molecule has 0 N–H and O–H groups in total. The largest absolute Gasteiger partial charge is 0.457 e. The monoisotopic (exact) mass is 424 g/mol. The number of nitrogens with zero attached hydrogens (tertiary/aromatic N) is 2. The van der Waals surface area contributed by atoms with Gasteiger partial charge in [0.25, 0.3) is 0 Å². The van der Waals surface area contributed by atoms with Gasteiger partial charge in [-0.3, -0.25) is 0 Å². The molecule has 4 aliphatic heterocycles. The maximum absolute atomic E-state index is 6.09. The molecule has 0 saturated carbocycles. The molecule has 31 heavy (non-hydrogen) atoms. The minimum absolute atomic E-state index is 0.293. The van der Waals surface area contributed by atoms with Crippen LogP contribution in [0.3, 0.4) is 0 Å². The van der Waals surface area contributed by atoms with E-state index < -0.39 is 0 Å². The van der Waals surface area contributed by atoms with E-state index in [0.29, 0.717) is 26.4 Å². The number of ether oxygens (including phenoxy) is 5. The molecule has 0 aliphatic carbocycles. The Hall–Kier alpha value is -2.32. The van der Waals surface area contributed by atoms with Crippen molar-refractivity contribution in [2.75, 3.05) is 36.2 Å². The first-order valence-corrected chi connectivity index (χ1v) is 10.8. The minimum Gasteiger partial charge on any atom is -0.457 e. The van der Waals surface area contributed by atoms with E-state index in [1.54, 1.807) is 0 Å². The molecule has 6 rings (SSSR count). The van der Waals surface area contributed by atoms with Crippen LogP contribution in [-0.2, 0) is 18.9 Å². The van der Waals surface area contributed by atoms with Gasteiger partial charge >= 0.3 is 0 Å². The summed E-state index contributed by atoms with van der Waals surface area (Å²) in [6.07, 6.45) is 0. The molecule has 7 heteroatoms. The molecule has 0 radical (unpaired) electrons. The predicted molar refractivity (Wildman–Crippen MR) is 115 cm³/mol. The van der Waals surface area contributed by atoms with Crippen molar-refractivity contribution in [3.8, 4) is 11.5 Å². The quantitative estimate of drug-likeness (QED) is 0.592. The molecule has 2 aromatic rings. The number of hydrogen-bond donors (Lipinski definition) is 0. The van der Waals surface area contributed by atoms with E-state index in [1.807, 2.05) is 24.3 Å². The number of hydrogen-bond acceptors (Lipinski definition) is 7. The number of benzene rings is 2. The van der Waals surface area contributed by atoms with Crippen LogP contribution in [-0.4, -0.2) is 49.3 Å². The molecule has 4 atom stereocenters. The molecule has 2 aromatic carbocycles. The van der Waals surface area contributed by atoms with Crippen molar-refractivity contribution < 1.29 is 23.7 Å². The third-order valence-corrected chi connectivity index (χ3v) is 6.57. The van der Waals surface area contributed by atoms with Crippen molar-refractivity contribution >= 4 is 11.4 Å². The van der Waals surface area contributed by atoms with Gasteiger partial charge in [0.2, 0.25) is 0 Å². The lowest BCUT2D eigenvalue weighted by Gasteiger charge is -2.33. The lowest BCUT2D eigenvalue weighted by atomic mass is 10.1. The maximum atomic E-state index is 6.09. The number of epoxide rings is 4. The van der Waals surface area contributed by atoms with Gasteiger partial charge in [-0.25, -0.2) is 0 Å². The molecule has 4 heterocycles. The molecule has 4 fully saturated rings. The van der Waals surface area contributed by atoms with Crippen molar-refractivity contribution in [1.82, 2.24) is 0 Å². The van der Waals surface area contributed by atoms with Gasteiger partial charge in [0.1, 0.15) is 11.5 Å². The van der Waals surface area contributed by atoms with E-state index in [2.05, 4.69) is 61.8 Å². The lowest BCUT2D eigenvalue weighted by Crippen LogP contribution is -2.46. The lowest BCUT2D eigenvalue weighted by molar-refractivity contribution is 0.230. The molecule has 0 amide bonds. The average Bonchev–Trinajstić information content (AvgIpc) is 3.53. The highest BCUT2D eigenvalue weighted by Gasteiger charge is 2.59. The van der Waals surface area contributed by atoms with E-state index in [0.717, 1.165) is 22.9 Å². The first-order valence-electron chi connectivity index (χ1n) is 10.8. The molecular weight excluding hydrogens is 396 g/mol. The fraction of sp³-hybridized carbons (Fsp3) is 0.500. The van der Waals surface area contributed by atoms with E-state index >= 15 is 0 Å². The van der Waals surface area contributed by atoms with Crippen molar-refractivity contribution in [2.45, 2.75) is 50.6 Å². The van der Waals surface area contributed by atoms with Gasteiger partial charge in [0.05, 0.1) is 26.4 Å². The van der Waals surface area contributed by atoms with E-state index in [4.69, 9.17) is 23.7 Å². The van der Waals surface area contributed by atoms with Gasteiger partial charge in [-0.2, -0.15) is 0 Å². The van der Waals surface area contributed by atoms with E-state index in [9.17, 15) is 0 Å². The summed E-state index contributed by atoms with van der Waals surface area (Å²) in [7, 11) is 0. The summed E-state index contributed by atoms with van der Waals surface area (Å²) in [6, 6.07) is 16.2. The SMILES string of the molecule is CC1(N(c2ccc(Oc3ccc(N(C4(C)CO4)C4(C)CO4)cc3)cc2)C2(C)CO2)CO1. The zero-order valence-corrected chi connectivity index (χ0v) is 18.4. The van der Waals surface area contributed by atoms with Crippen LogP contribution in [0.25, 0.3) is 0 Å². The Morgan fingerprint density at radius 2 is 0.806 bits per heavy atom. The van der Waals surface area contributed by atoms with Crippen LogP contribution < -0.4 is 14.5 Å². The minimum atomic E-state index is -0.293. The van der Waals surface area contributed by atoms with Crippen LogP contribution >= 0.6 is 0 Å². The topological polar surface area (TPSA) is 65.8 Å². The van der Waals surface area contributed by atoms with Gasteiger partial charge in [-0.05, 0) is 76.2 Å². The molecular formula is C24H28N2O5. The number of anilines is 2. The Kier molecular flexibility index (Phi) is 3.83. The van der Waals surface area contributed by atoms with Crippen LogP contribution in [0.1, 0.15) is 27.7 Å². The Balaban J connectivity index is 1.18. The highest BCUT2D eigenvalue weighted by Crippen LogP contribution is 2.47. The zero-order valence-electron chi connectivity index (χ0n) is 18.4. The predicted octanol–water partition coefficient (Wildman–Crippen LogP) is 4.08. The fourth-order valence-corrected chi connectivity index (χ4v) is 4.49. The summed E-state index contributed by atoms with van der Waals surface area (Å²) < 4.78 is 28.8. The molecule has 4 saturated heterocycles. The Labute approximate surface area is 182 Å². The van der Waals surface area contributed by atoms with Crippen LogP contribution in [0.5, 0.6) is 11.5 Å². The summed E-state index contributed by atoms with van der Waals surface area (Å²) in [5.41, 5.74) is 0.957. The van der Waals surface area contributed by atoms with Gasteiger partial charge in [-0.1, -0.05) is 0 Å². The van der Waals surface area contributed by atoms with Crippen molar-refractivity contribution in [2.24, 2.45) is 0 Å². The normalized spacial score (nSPS) is 37.2. The third kappa shape index (κ3) is 3.36. The number of rotatable bonds is 8. The molecule has 0 bridgehead atoms. The first-order chi connectivity index (χ1) is 14.7. The highest BCUT2D eigenvalue weighted by atomic mass is 16.7. The molecule has 7 nitrogen and oxygen atoms in total. The highest BCUT2D eigenvalue weighted by molar-refractivity contribution is 5.57. The van der Waals surface area contributed by atoms with Gasteiger partial charge in [0.15, 0.2) is 22.9 Å². The Bertz CT molecular complexity index is 872. The average molecular weight is 424 g/mol. The smallest absolute Gasteiger partial charge is 0.164 e. The zero-order chi connectivity index (χ0) is 21.5. The summed E-state index contributed by atoms with van der Waals surface area (Å²) >= 11 is 0. The second kappa shape index (κ2) is 6.13. The summed E-state index contributed by atoms with van der Waals surface area (Å²) in [5, 5.41) is 0. The summed E-state index contributed by atoms with van der Waals surface area (Å²) in [4.78, 5) is 4.43.